The van der Waals surface area contributed by atoms with E-state index in [1.54, 1.807) is 11.3 Å². The van der Waals surface area contributed by atoms with E-state index in [4.69, 9.17) is 5.73 Å². The molecule has 0 bridgehead atoms. The molecule has 0 atom stereocenters. The van der Waals surface area contributed by atoms with Gasteiger partial charge in [0, 0.05) is 15.8 Å². The van der Waals surface area contributed by atoms with Crippen molar-refractivity contribution in [3.05, 3.63) is 23.8 Å². The minimum atomic E-state index is 0.840. The van der Waals surface area contributed by atoms with Gasteiger partial charge in [0.2, 0.25) is 0 Å². The second-order valence-corrected chi connectivity index (χ2v) is 4.64. The summed E-state index contributed by atoms with van der Waals surface area (Å²) in [7, 11) is 0. The van der Waals surface area contributed by atoms with Gasteiger partial charge < -0.3 is 5.73 Å². The molecule has 1 aromatic heterocycles. The topological polar surface area (TPSA) is 26.0 Å². The molecule has 0 aliphatic heterocycles. The Balaban J connectivity index is 2.93. The van der Waals surface area contributed by atoms with Crippen LogP contribution in [0.2, 0.25) is 0 Å². The molecule has 2 rings (SSSR count). The highest BCUT2D eigenvalue weighted by atomic mass is 32.2. The highest BCUT2D eigenvalue weighted by Gasteiger charge is 2.04. The Morgan fingerprint density at radius 2 is 2.17 bits per heavy atom. The van der Waals surface area contributed by atoms with Gasteiger partial charge in [0.15, 0.2) is 0 Å². The Morgan fingerprint density at radius 1 is 1.42 bits per heavy atom. The zero-order chi connectivity index (χ0) is 8.72. The fraction of sp³-hybridized carbons (Fsp3) is 0.111. The summed E-state index contributed by atoms with van der Waals surface area (Å²) in [5.41, 5.74) is 7.92. The van der Waals surface area contributed by atoms with Crippen LogP contribution in [-0.4, -0.2) is 0 Å². The molecule has 1 heterocycles. The van der Waals surface area contributed by atoms with Crippen LogP contribution in [0.3, 0.4) is 0 Å². The van der Waals surface area contributed by atoms with E-state index in [2.05, 4.69) is 19.6 Å². The quantitative estimate of drug-likeness (QED) is 0.490. The molecule has 0 aliphatic carbocycles. The predicted molar refractivity (Wildman–Crippen MR) is 58.2 cm³/mol. The number of hydrogen-bond donors (Lipinski definition) is 2. The first-order valence-corrected chi connectivity index (χ1v) is 4.92. The molecule has 0 saturated heterocycles. The normalized spacial score (nSPS) is 10.8. The van der Waals surface area contributed by atoms with E-state index in [1.165, 1.54) is 10.3 Å². The molecular weight excluding hydrogens is 186 g/mol. The van der Waals surface area contributed by atoms with Gasteiger partial charge in [-0.2, -0.15) is 0 Å². The summed E-state index contributed by atoms with van der Waals surface area (Å²) in [5.74, 6) is 0. The Hall–Kier alpha value is -0.670. The highest BCUT2D eigenvalue weighted by molar-refractivity contribution is 7.83. The second kappa shape index (κ2) is 2.68. The number of aryl methyl sites for hydroxylation is 1. The molecule has 12 heavy (non-hydrogen) atoms. The van der Waals surface area contributed by atoms with E-state index >= 15 is 0 Å². The number of hydrogen-bond acceptors (Lipinski definition) is 3. The molecule has 0 radical (unpaired) electrons. The van der Waals surface area contributed by atoms with Gasteiger partial charge >= 0.3 is 0 Å². The number of rotatable bonds is 0. The fourth-order valence-electron chi connectivity index (χ4n) is 1.27. The molecule has 0 saturated carbocycles. The minimum absolute atomic E-state index is 0.840. The largest absolute Gasteiger partial charge is 0.398 e. The first kappa shape index (κ1) is 7.95. The summed E-state index contributed by atoms with van der Waals surface area (Å²) in [4.78, 5) is 0. The molecule has 0 fully saturated rings. The summed E-state index contributed by atoms with van der Waals surface area (Å²) < 4.78 is 2.27. The van der Waals surface area contributed by atoms with Crippen molar-refractivity contribution in [1.29, 1.82) is 0 Å². The maximum atomic E-state index is 5.81. The van der Waals surface area contributed by atoms with Crippen LogP contribution in [0.25, 0.3) is 10.1 Å². The van der Waals surface area contributed by atoms with Gasteiger partial charge in [0.1, 0.15) is 0 Å². The molecule has 3 heteroatoms. The number of nitrogen functional groups attached to an aromatic ring is 1. The number of thiophene rings is 1. The van der Waals surface area contributed by atoms with Crippen molar-refractivity contribution in [2.75, 3.05) is 5.73 Å². The number of benzene rings is 1. The Labute approximate surface area is 80.6 Å². The van der Waals surface area contributed by atoms with Crippen molar-refractivity contribution in [2.24, 2.45) is 0 Å². The lowest BCUT2D eigenvalue weighted by molar-refractivity contribution is 1.56. The smallest absolute Gasteiger partial charge is 0.0581 e. The van der Waals surface area contributed by atoms with Crippen molar-refractivity contribution in [3.8, 4) is 0 Å². The molecular formula is C9H9NS2. The SMILES string of the molecule is Cc1ccc(N)c2cc(S)sc12. The van der Waals surface area contributed by atoms with Crippen LogP contribution < -0.4 is 5.73 Å². The van der Waals surface area contributed by atoms with Crippen LogP contribution in [0.4, 0.5) is 5.69 Å². The Kier molecular flexibility index (Phi) is 1.77. The fourth-order valence-corrected chi connectivity index (χ4v) is 2.57. The van der Waals surface area contributed by atoms with Crippen LogP contribution in [0, 0.1) is 6.92 Å². The lowest BCUT2D eigenvalue weighted by Gasteiger charge is -1.97. The van der Waals surface area contributed by atoms with Gasteiger partial charge in [-0.1, -0.05) is 6.07 Å². The third-order valence-corrected chi connectivity index (χ3v) is 3.38. The average molecular weight is 195 g/mol. The predicted octanol–water partition coefficient (Wildman–Crippen LogP) is 3.08. The summed E-state index contributed by atoms with van der Waals surface area (Å²) >= 11 is 5.98. The monoisotopic (exact) mass is 195 g/mol. The summed E-state index contributed by atoms with van der Waals surface area (Å²) in [6, 6.07) is 6.00. The molecule has 0 spiro atoms. The van der Waals surface area contributed by atoms with E-state index < -0.39 is 0 Å². The Morgan fingerprint density at radius 3 is 2.83 bits per heavy atom. The van der Waals surface area contributed by atoms with Crippen LogP contribution in [-0.2, 0) is 0 Å². The number of thiol groups is 1. The van der Waals surface area contributed by atoms with Gasteiger partial charge in [-0.15, -0.1) is 24.0 Å². The molecule has 1 aromatic carbocycles. The van der Waals surface area contributed by atoms with Crippen molar-refractivity contribution in [1.82, 2.24) is 0 Å². The number of nitrogens with two attached hydrogens (primary N) is 1. The second-order valence-electron chi connectivity index (χ2n) is 2.80. The number of fused-ring (bicyclic) bond motifs is 1. The van der Waals surface area contributed by atoms with Crippen molar-refractivity contribution < 1.29 is 0 Å². The first-order valence-electron chi connectivity index (χ1n) is 3.66. The third kappa shape index (κ3) is 1.09. The van der Waals surface area contributed by atoms with Gasteiger partial charge in [0.05, 0.1) is 4.21 Å². The van der Waals surface area contributed by atoms with Gasteiger partial charge in [0.25, 0.3) is 0 Å². The molecule has 0 aliphatic rings. The van der Waals surface area contributed by atoms with Gasteiger partial charge in [-0.3, -0.25) is 0 Å². The van der Waals surface area contributed by atoms with E-state index in [0.717, 1.165) is 15.3 Å². The Bertz CT molecular complexity index is 392. The minimum Gasteiger partial charge on any atom is -0.398 e. The zero-order valence-corrected chi connectivity index (χ0v) is 8.38. The standard InChI is InChI=1S/C9H9NS2/c1-5-2-3-7(10)6-4-8(11)12-9(5)6/h2-4,11H,10H2,1H3. The van der Waals surface area contributed by atoms with Crippen LogP contribution in [0.15, 0.2) is 22.4 Å². The summed E-state index contributed by atoms with van der Waals surface area (Å²) in [6.07, 6.45) is 0. The lowest BCUT2D eigenvalue weighted by Crippen LogP contribution is -1.84. The van der Waals surface area contributed by atoms with E-state index in [-0.39, 0.29) is 0 Å². The third-order valence-electron chi connectivity index (χ3n) is 1.90. The number of anilines is 1. The van der Waals surface area contributed by atoms with Crippen LogP contribution in [0.5, 0.6) is 0 Å². The molecule has 1 nitrogen and oxygen atoms in total. The van der Waals surface area contributed by atoms with Crippen LogP contribution >= 0.6 is 24.0 Å². The van der Waals surface area contributed by atoms with E-state index in [1.807, 2.05) is 18.2 Å². The average Bonchev–Trinajstić information content (AvgIpc) is 2.41. The summed E-state index contributed by atoms with van der Waals surface area (Å²) in [5, 5.41) is 1.13. The maximum absolute atomic E-state index is 5.81. The maximum Gasteiger partial charge on any atom is 0.0581 e. The highest BCUT2D eigenvalue weighted by Crippen LogP contribution is 2.33. The zero-order valence-electron chi connectivity index (χ0n) is 6.66. The van der Waals surface area contributed by atoms with Crippen molar-refractivity contribution in [2.45, 2.75) is 11.1 Å². The first-order chi connectivity index (χ1) is 5.68. The molecule has 62 valence electrons. The van der Waals surface area contributed by atoms with Crippen molar-refractivity contribution in [3.63, 3.8) is 0 Å². The van der Waals surface area contributed by atoms with E-state index in [9.17, 15) is 0 Å². The van der Waals surface area contributed by atoms with E-state index in [0.29, 0.717) is 0 Å². The lowest BCUT2D eigenvalue weighted by atomic mass is 10.1. The van der Waals surface area contributed by atoms with Crippen LogP contribution in [0.1, 0.15) is 5.56 Å². The van der Waals surface area contributed by atoms with Crippen molar-refractivity contribution >= 4 is 39.7 Å². The summed E-state index contributed by atoms with van der Waals surface area (Å²) in [6.45, 7) is 2.09. The molecule has 2 aromatic rings. The molecule has 0 unspecified atom stereocenters. The molecule has 0 amide bonds. The molecule has 2 N–H and O–H groups in total. The van der Waals surface area contributed by atoms with Gasteiger partial charge in [-0.05, 0) is 24.6 Å². The van der Waals surface area contributed by atoms with Gasteiger partial charge in [-0.25, -0.2) is 0 Å².